The second kappa shape index (κ2) is 12.1. The summed E-state index contributed by atoms with van der Waals surface area (Å²) in [5, 5.41) is 5.52. The first-order valence-corrected chi connectivity index (χ1v) is 10.0. The zero-order chi connectivity index (χ0) is 21.1. The van der Waals surface area contributed by atoms with E-state index in [2.05, 4.69) is 10.6 Å². The number of methoxy groups -OCH3 is 1. The van der Waals surface area contributed by atoms with Gasteiger partial charge in [0.05, 0.1) is 13.0 Å². The number of nitrogens with one attached hydrogen (secondary N) is 2. The number of ether oxygens (including phenoxy) is 2. The molecular formula is C20H27N3O5S. The molecule has 1 heterocycles. The normalized spacial score (nSPS) is 13.5. The van der Waals surface area contributed by atoms with E-state index in [0.717, 1.165) is 32.4 Å². The van der Waals surface area contributed by atoms with Crippen LogP contribution in [0.3, 0.4) is 0 Å². The predicted molar refractivity (Wildman–Crippen MR) is 113 cm³/mol. The number of rotatable bonds is 8. The molecule has 2 rings (SSSR count). The third-order valence-electron chi connectivity index (χ3n) is 4.37. The van der Waals surface area contributed by atoms with E-state index >= 15 is 0 Å². The summed E-state index contributed by atoms with van der Waals surface area (Å²) in [5.41, 5.74) is 1.18. The number of hydrogen-bond acceptors (Lipinski definition) is 6. The van der Waals surface area contributed by atoms with Crippen LogP contribution in [0.15, 0.2) is 24.3 Å². The highest BCUT2D eigenvalue weighted by molar-refractivity contribution is 7.80. The number of likely N-dealkylation sites (tertiary alicyclic amines) is 1. The predicted octanol–water partition coefficient (Wildman–Crippen LogP) is 2.10. The molecular weight excluding hydrogens is 394 g/mol. The van der Waals surface area contributed by atoms with Crippen molar-refractivity contribution >= 4 is 40.8 Å². The average Bonchev–Trinajstić information content (AvgIpc) is 2.72. The Morgan fingerprint density at radius 2 is 1.86 bits per heavy atom. The molecule has 0 aromatic heterocycles. The third kappa shape index (κ3) is 8.16. The lowest BCUT2D eigenvalue weighted by Crippen LogP contribution is -2.36. The molecule has 0 saturated carbocycles. The minimum absolute atomic E-state index is 0.00436. The molecule has 29 heavy (non-hydrogen) atoms. The Morgan fingerprint density at radius 1 is 1.10 bits per heavy atom. The van der Waals surface area contributed by atoms with Crippen LogP contribution in [0, 0.1) is 0 Å². The highest BCUT2D eigenvalue weighted by Crippen LogP contribution is 2.16. The van der Waals surface area contributed by atoms with Crippen LogP contribution in [0.2, 0.25) is 0 Å². The van der Waals surface area contributed by atoms with Gasteiger partial charge in [-0.2, -0.15) is 0 Å². The number of thiocarbonyl (C=S) groups is 1. The van der Waals surface area contributed by atoms with Gasteiger partial charge in [0.15, 0.2) is 5.11 Å². The summed E-state index contributed by atoms with van der Waals surface area (Å²) in [7, 11) is 1.51. The smallest absolute Gasteiger partial charge is 0.306 e. The van der Waals surface area contributed by atoms with Crippen LogP contribution in [-0.2, 0) is 19.1 Å². The lowest BCUT2D eigenvalue weighted by Gasteiger charge is -2.26. The van der Waals surface area contributed by atoms with Crippen molar-refractivity contribution in [2.75, 3.05) is 38.7 Å². The second-order valence-corrected chi connectivity index (χ2v) is 7.06. The van der Waals surface area contributed by atoms with Gasteiger partial charge in [-0.15, -0.1) is 0 Å². The van der Waals surface area contributed by atoms with Crippen molar-refractivity contribution in [2.45, 2.75) is 32.1 Å². The third-order valence-corrected chi connectivity index (χ3v) is 4.57. The van der Waals surface area contributed by atoms with Crippen molar-refractivity contribution in [3.05, 3.63) is 29.8 Å². The highest BCUT2D eigenvalue weighted by atomic mass is 32.1. The van der Waals surface area contributed by atoms with E-state index in [1.165, 1.54) is 7.11 Å². The molecule has 2 amide bonds. The van der Waals surface area contributed by atoms with E-state index in [0.29, 0.717) is 17.9 Å². The molecule has 1 aliphatic rings. The molecule has 0 unspecified atom stereocenters. The molecule has 0 spiro atoms. The molecule has 0 bridgehead atoms. The zero-order valence-corrected chi connectivity index (χ0v) is 17.4. The van der Waals surface area contributed by atoms with Crippen molar-refractivity contribution in [1.82, 2.24) is 10.2 Å². The van der Waals surface area contributed by atoms with Gasteiger partial charge in [-0.05, 0) is 49.7 Å². The Morgan fingerprint density at radius 3 is 2.59 bits per heavy atom. The van der Waals surface area contributed by atoms with Gasteiger partial charge >= 0.3 is 5.97 Å². The van der Waals surface area contributed by atoms with Crippen LogP contribution in [0.1, 0.15) is 42.5 Å². The first-order chi connectivity index (χ1) is 14.0. The summed E-state index contributed by atoms with van der Waals surface area (Å²) in [6, 6.07) is 7.00. The fourth-order valence-corrected chi connectivity index (χ4v) is 3.12. The van der Waals surface area contributed by atoms with Crippen LogP contribution < -0.4 is 10.6 Å². The lowest BCUT2D eigenvalue weighted by molar-refractivity contribution is -0.146. The molecule has 9 heteroatoms. The maximum atomic E-state index is 12.6. The molecule has 0 aliphatic carbocycles. The molecule has 0 radical (unpaired) electrons. The number of nitrogens with zero attached hydrogens (tertiary/aromatic N) is 1. The van der Waals surface area contributed by atoms with Gasteiger partial charge in [-0.1, -0.05) is 6.07 Å². The van der Waals surface area contributed by atoms with E-state index in [4.69, 9.17) is 21.7 Å². The van der Waals surface area contributed by atoms with Crippen molar-refractivity contribution in [1.29, 1.82) is 0 Å². The Hall–Kier alpha value is -2.52. The minimum Gasteiger partial charge on any atom is -0.463 e. The van der Waals surface area contributed by atoms with Gasteiger partial charge < -0.3 is 25.0 Å². The monoisotopic (exact) mass is 421 g/mol. The van der Waals surface area contributed by atoms with Gasteiger partial charge in [-0.25, -0.2) is 0 Å². The molecule has 158 valence electrons. The van der Waals surface area contributed by atoms with Gasteiger partial charge in [-0.3, -0.25) is 14.4 Å². The Bertz CT molecular complexity index is 735. The average molecular weight is 422 g/mol. The summed E-state index contributed by atoms with van der Waals surface area (Å²) >= 11 is 5.14. The number of carbonyl (C=O) groups is 3. The van der Waals surface area contributed by atoms with Gasteiger partial charge in [0.2, 0.25) is 5.91 Å². The first-order valence-electron chi connectivity index (χ1n) is 9.64. The topological polar surface area (TPSA) is 97.0 Å². The number of amides is 2. The van der Waals surface area contributed by atoms with Gasteiger partial charge in [0, 0.05) is 37.9 Å². The van der Waals surface area contributed by atoms with Crippen molar-refractivity contribution in [3.63, 3.8) is 0 Å². The number of piperidine rings is 1. The van der Waals surface area contributed by atoms with Gasteiger partial charge in [0.1, 0.15) is 6.61 Å². The number of esters is 1. The second-order valence-electron chi connectivity index (χ2n) is 6.65. The summed E-state index contributed by atoms with van der Waals surface area (Å²) in [6.07, 6.45) is 3.13. The summed E-state index contributed by atoms with van der Waals surface area (Å²) in [5.74, 6) is -0.873. The molecule has 1 aromatic rings. The largest absolute Gasteiger partial charge is 0.463 e. The van der Waals surface area contributed by atoms with Crippen LogP contribution in [0.5, 0.6) is 0 Å². The minimum atomic E-state index is -0.472. The Balaban J connectivity index is 1.79. The molecule has 1 fully saturated rings. The molecule has 0 atom stereocenters. The fourth-order valence-electron chi connectivity index (χ4n) is 2.89. The van der Waals surface area contributed by atoms with E-state index in [1.54, 1.807) is 24.3 Å². The van der Waals surface area contributed by atoms with E-state index in [1.807, 2.05) is 4.90 Å². The standard InChI is InChI=1S/C20H27N3O5S/c1-27-12-13-28-18(25)9-8-17(24)22-20(29)21-16-7-5-6-15(14-16)19(26)23-10-3-2-4-11-23/h5-7,14H,2-4,8-13H2,1H3,(H2,21,22,24,29). The first kappa shape index (κ1) is 22.8. The SMILES string of the molecule is COCCOC(=O)CCC(=O)NC(=S)Nc1cccc(C(=O)N2CCCCC2)c1. The number of carbonyl (C=O) groups excluding carboxylic acids is 3. The number of anilines is 1. The van der Waals surface area contributed by atoms with Crippen molar-refractivity contribution in [3.8, 4) is 0 Å². The highest BCUT2D eigenvalue weighted by Gasteiger charge is 2.18. The van der Waals surface area contributed by atoms with Crippen LogP contribution in [0.4, 0.5) is 5.69 Å². The molecule has 8 nitrogen and oxygen atoms in total. The Kier molecular flexibility index (Phi) is 9.52. The quantitative estimate of drug-likeness (QED) is 0.377. The maximum Gasteiger partial charge on any atom is 0.306 e. The molecule has 1 aromatic carbocycles. The van der Waals surface area contributed by atoms with E-state index < -0.39 is 11.9 Å². The van der Waals surface area contributed by atoms with Crippen molar-refractivity contribution in [2.24, 2.45) is 0 Å². The number of hydrogen-bond donors (Lipinski definition) is 2. The van der Waals surface area contributed by atoms with Crippen molar-refractivity contribution < 1.29 is 23.9 Å². The number of benzene rings is 1. The summed E-state index contributed by atoms with van der Waals surface area (Å²) in [4.78, 5) is 37.9. The van der Waals surface area contributed by atoms with Crippen LogP contribution in [-0.4, -0.2) is 61.2 Å². The summed E-state index contributed by atoms with van der Waals surface area (Å²) in [6.45, 7) is 2.02. The summed E-state index contributed by atoms with van der Waals surface area (Å²) < 4.78 is 9.67. The van der Waals surface area contributed by atoms with E-state index in [-0.39, 0.29) is 30.5 Å². The van der Waals surface area contributed by atoms with Gasteiger partial charge in [0.25, 0.3) is 5.91 Å². The lowest BCUT2D eigenvalue weighted by atomic mass is 10.1. The van der Waals surface area contributed by atoms with E-state index in [9.17, 15) is 14.4 Å². The molecule has 1 saturated heterocycles. The van der Waals surface area contributed by atoms with Crippen LogP contribution in [0.25, 0.3) is 0 Å². The fraction of sp³-hybridized carbons (Fsp3) is 0.500. The zero-order valence-electron chi connectivity index (χ0n) is 16.6. The molecule has 1 aliphatic heterocycles. The molecule has 2 N–H and O–H groups in total. The van der Waals surface area contributed by atoms with Crippen LogP contribution >= 0.6 is 12.2 Å². The Labute approximate surface area is 175 Å². The maximum absolute atomic E-state index is 12.6.